The van der Waals surface area contributed by atoms with E-state index < -0.39 is 12.8 Å². The predicted octanol–water partition coefficient (Wildman–Crippen LogP) is 3.58. The molecule has 1 aromatic heterocycles. The van der Waals surface area contributed by atoms with Gasteiger partial charge in [-0.1, -0.05) is 12.1 Å². The second kappa shape index (κ2) is 10.5. The van der Waals surface area contributed by atoms with Gasteiger partial charge in [0.15, 0.2) is 6.61 Å². The van der Waals surface area contributed by atoms with Crippen molar-refractivity contribution in [3.8, 4) is 5.75 Å². The van der Waals surface area contributed by atoms with Gasteiger partial charge >= 0.3 is 6.18 Å². The molecule has 0 radical (unpaired) electrons. The third kappa shape index (κ3) is 7.72. The van der Waals surface area contributed by atoms with Crippen LogP contribution in [0.15, 0.2) is 42.6 Å². The first-order valence-electron chi connectivity index (χ1n) is 9.82. The lowest BCUT2D eigenvalue weighted by molar-refractivity contribution is -0.167. The largest absolute Gasteiger partial charge is 0.488 e. The van der Waals surface area contributed by atoms with Gasteiger partial charge < -0.3 is 14.8 Å². The molecule has 0 bridgehead atoms. The van der Waals surface area contributed by atoms with Crippen LogP contribution in [0, 0.1) is 0 Å². The van der Waals surface area contributed by atoms with E-state index in [9.17, 15) is 18.0 Å². The zero-order valence-electron chi connectivity index (χ0n) is 16.9. The Balaban J connectivity index is 1.44. The van der Waals surface area contributed by atoms with Crippen molar-refractivity contribution in [3.05, 3.63) is 53.9 Å². The monoisotopic (exact) mass is 439 g/mol. The molecular formula is C21H24F3N3O4. The smallest absolute Gasteiger partial charge is 0.414 e. The van der Waals surface area contributed by atoms with Crippen molar-refractivity contribution in [2.75, 3.05) is 25.3 Å². The lowest BCUT2D eigenvalue weighted by atomic mass is 10.1. The van der Waals surface area contributed by atoms with Crippen molar-refractivity contribution in [1.82, 2.24) is 10.3 Å². The second-order valence-corrected chi connectivity index (χ2v) is 7.19. The molecule has 1 aromatic carbocycles. The molecule has 168 valence electrons. The minimum absolute atomic E-state index is 0.0697. The number of nitrogens with zero attached hydrogens (tertiary/aromatic N) is 1. The van der Waals surface area contributed by atoms with Crippen LogP contribution in [0.25, 0.3) is 0 Å². The van der Waals surface area contributed by atoms with Gasteiger partial charge in [0.25, 0.3) is 0 Å². The van der Waals surface area contributed by atoms with Crippen LogP contribution in [0.5, 0.6) is 5.75 Å². The highest BCUT2D eigenvalue weighted by atomic mass is 19.4. The highest BCUT2D eigenvalue weighted by Gasteiger charge is 2.27. The lowest BCUT2D eigenvalue weighted by Crippen LogP contribution is -2.28. The second-order valence-electron chi connectivity index (χ2n) is 7.19. The Morgan fingerprint density at radius 2 is 2.03 bits per heavy atom. The van der Waals surface area contributed by atoms with E-state index in [0.717, 1.165) is 17.7 Å². The van der Waals surface area contributed by atoms with E-state index in [1.165, 1.54) is 12.3 Å². The van der Waals surface area contributed by atoms with E-state index in [0.29, 0.717) is 18.9 Å². The molecule has 2 N–H and O–H groups in total. The van der Waals surface area contributed by atoms with Crippen LogP contribution in [0.3, 0.4) is 0 Å². The summed E-state index contributed by atoms with van der Waals surface area (Å²) in [7, 11) is 0. The van der Waals surface area contributed by atoms with Gasteiger partial charge in [-0.3, -0.25) is 20.1 Å². The van der Waals surface area contributed by atoms with Crippen molar-refractivity contribution < 1.29 is 32.3 Å². The Hall–Kier alpha value is -2.85. The highest BCUT2D eigenvalue weighted by molar-refractivity contribution is 5.79. The molecule has 10 heteroatoms. The van der Waals surface area contributed by atoms with E-state index >= 15 is 0 Å². The fraction of sp³-hybridized carbons (Fsp3) is 0.429. The average Bonchev–Trinajstić information content (AvgIpc) is 3.22. The Bertz CT molecular complexity index is 838. The molecule has 1 saturated heterocycles. The molecule has 3 rings (SSSR count). The van der Waals surface area contributed by atoms with E-state index in [1.807, 2.05) is 24.3 Å². The first kappa shape index (κ1) is 22.8. The molecule has 2 aromatic rings. The van der Waals surface area contributed by atoms with E-state index in [-0.39, 0.29) is 30.2 Å². The Kier molecular flexibility index (Phi) is 7.69. The van der Waals surface area contributed by atoms with Crippen molar-refractivity contribution in [2.45, 2.75) is 38.1 Å². The van der Waals surface area contributed by atoms with Gasteiger partial charge in [-0.25, -0.2) is 0 Å². The molecule has 2 heterocycles. The third-order valence-corrected chi connectivity index (χ3v) is 4.51. The number of aromatic nitrogens is 1. The number of amides is 1. The topological polar surface area (TPSA) is 81.7 Å². The molecule has 1 fully saturated rings. The summed E-state index contributed by atoms with van der Waals surface area (Å²) in [5.41, 5.74) is 3.87. The summed E-state index contributed by atoms with van der Waals surface area (Å²) in [4.78, 5) is 20.8. The van der Waals surface area contributed by atoms with Crippen LogP contribution in [0.4, 0.5) is 18.9 Å². The van der Waals surface area contributed by atoms with Crippen molar-refractivity contribution in [3.63, 3.8) is 0 Å². The Labute approximate surface area is 177 Å². The number of anilines is 1. The van der Waals surface area contributed by atoms with E-state index in [4.69, 9.17) is 9.47 Å². The number of ether oxygens (including phenoxy) is 2. The summed E-state index contributed by atoms with van der Waals surface area (Å²) < 4.78 is 47.3. The number of hydrogen-bond acceptors (Lipinski definition) is 6. The van der Waals surface area contributed by atoms with E-state index in [2.05, 4.69) is 20.6 Å². The van der Waals surface area contributed by atoms with Gasteiger partial charge in [-0.05, 0) is 36.8 Å². The van der Waals surface area contributed by atoms with Crippen LogP contribution in [0.1, 0.15) is 30.6 Å². The number of hydrogen-bond donors (Lipinski definition) is 2. The molecule has 2 atom stereocenters. The average molecular weight is 439 g/mol. The maximum Gasteiger partial charge on any atom is 0.414 e. The Morgan fingerprint density at radius 3 is 2.65 bits per heavy atom. The number of nitrogens with one attached hydrogen (secondary N) is 2. The molecule has 7 nitrogen and oxygen atoms in total. The van der Waals surface area contributed by atoms with Gasteiger partial charge in [0.05, 0.1) is 43.3 Å². The summed E-state index contributed by atoms with van der Waals surface area (Å²) >= 11 is 0. The summed E-state index contributed by atoms with van der Waals surface area (Å²) in [5, 5.41) is 2.85. The molecule has 31 heavy (non-hydrogen) atoms. The lowest BCUT2D eigenvalue weighted by Gasteiger charge is -2.15. The Morgan fingerprint density at radius 1 is 1.26 bits per heavy atom. The molecule has 1 aliphatic rings. The summed E-state index contributed by atoms with van der Waals surface area (Å²) in [6.07, 6.45) is -1.95. The number of alkyl halides is 3. The van der Waals surface area contributed by atoms with Gasteiger partial charge in [0.1, 0.15) is 11.9 Å². The van der Waals surface area contributed by atoms with Crippen LogP contribution in [0.2, 0.25) is 0 Å². The molecule has 0 saturated carbocycles. The third-order valence-electron chi connectivity index (χ3n) is 4.51. The zero-order valence-corrected chi connectivity index (χ0v) is 16.9. The highest BCUT2D eigenvalue weighted by Crippen LogP contribution is 2.19. The fourth-order valence-corrected chi connectivity index (χ4v) is 2.96. The SMILES string of the molecule is C[C@@H](NC(=O)Cc1ccc(OC2CCOC2)cc1)c1ccc(NOCC(F)(F)F)cn1. The van der Waals surface area contributed by atoms with Crippen LogP contribution in [-0.4, -0.2) is 43.0 Å². The van der Waals surface area contributed by atoms with Gasteiger partial charge in [0.2, 0.25) is 5.91 Å². The first-order valence-corrected chi connectivity index (χ1v) is 9.82. The van der Waals surface area contributed by atoms with Crippen molar-refractivity contribution in [1.29, 1.82) is 0 Å². The predicted molar refractivity (Wildman–Crippen MR) is 106 cm³/mol. The quantitative estimate of drug-likeness (QED) is 0.582. The van der Waals surface area contributed by atoms with E-state index in [1.54, 1.807) is 13.0 Å². The van der Waals surface area contributed by atoms with Crippen LogP contribution < -0.4 is 15.5 Å². The van der Waals surface area contributed by atoms with Gasteiger partial charge in [0, 0.05) is 6.42 Å². The van der Waals surface area contributed by atoms with Crippen molar-refractivity contribution >= 4 is 11.6 Å². The molecule has 0 aliphatic carbocycles. The number of halogens is 3. The van der Waals surface area contributed by atoms with Gasteiger partial charge in [-0.2, -0.15) is 13.2 Å². The normalized spacial score (nSPS) is 17.2. The summed E-state index contributed by atoms with van der Waals surface area (Å²) in [6.45, 7) is 1.66. The minimum Gasteiger partial charge on any atom is -0.488 e. The standard InChI is InChI=1S/C21H24F3N3O4/c1-14(19-7-4-16(11-25-19)27-30-13-21(22,23)24)26-20(28)10-15-2-5-17(6-3-15)31-18-8-9-29-12-18/h2-7,11,14,18,27H,8-10,12-13H2,1H3,(H,26,28)/t14-,18?/m1/s1. The van der Waals surface area contributed by atoms with Crippen molar-refractivity contribution in [2.24, 2.45) is 0 Å². The maximum atomic E-state index is 12.3. The number of carbonyl (C=O) groups excluding carboxylic acids is 1. The summed E-state index contributed by atoms with van der Waals surface area (Å²) in [6, 6.07) is 10.1. The number of carbonyl (C=O) groups is 1. The molecule has 1 unspecified atom stereocenters. The number of benzene rings is 1. The van der Waals surface area contributed by atoms with Gasteiger partial charge in [-0.15, -0.1) is 0 Å². The molecule has 1 amide bonds. The summed E-state index contributed by atoms with van der Waals surface area (Å²) in [5.74, 6) is 0.563. The minimum atomic E-state index is -4.42. The fourth-order valence-electron chi connectivity index (χ4n) is 2.96. The number of rotatable bonds is 9. The van der Waals surface area contributed by atoms with Crippen LogP contribution >= 0.6 is 0 Å². The first-order chi connectivity index (χ1) is 14.8. The maximum absolute atomic E-state index is 12.3. The van der Waals surface area contributed by atoms with Crippen LogP contribution in [-0.2, 0) is 20.8 Å². The zero-order chi connectivity index (χ0) is 22.3. The molecular weight excluding hydrogens is 415 g/mol. The molecule has 1 aliphatic heterocycles. The number of pyridine rings is 1. The molecule has 0 spiro atoms.